The van der Waals surface area contributed by atoms with Gasteiger partial charge in [0.1, 0.15) is 0 Å². The zero-order valence-electron chi connectivity index (χ0n) is 20.1. The van der Waals surface area contributed by atoms with Gasteiger partial charge in [-0.15, -0.1) is 24.0 Å². The van der Waals surface area contributed by atoms with E-state index in [1.54, 1.807) is 0 Å². The van der Waals surface area contributed by atoms with Crippen LogP contribution in [0.15, 0.2) is 35.3 Å². The van der Waals surface area contributed by atoms with Gasteiger partial charge in [-0.1, -0.05) is 18.2 Å². The Morgan fingerprint density at radius 1 is 1.16 bits per heavy atom. The van der Waals surface area contributed by atoms with Crippen molar-refractivity contribution in [2.24, 2.45) is 4.99 Å². The van der Waals surface area contributed by atoms with Gasteiger partial charge in [-0.3, -0.25) is 4.90 Å². The summed E-state index contributed by atoms with van der Waals surface area (Å²) in [5.41, 5.74) is 4.39. The SMILES string of the molecule is CCNC(=NCc1ccccc1-n1nc(C)cc1C)NCCCN1CC(C)OC(C)C1.I. The van der Waals surface area contributed by atoms with E-state index in [0.29, 0.717) is 18.8 Å². The first-order chi connectivity index (χ1) is 15.0. The van der Waals surface area contributed by atoms with Crippen molar-refractivity contribution in [2.45, 2.75) is 59.8 Å². The van der Waals surface area contributed by atoms with Gasteiger partial charge in [0.25, 0.3) is 0 Å². The molecule has 0 saturated carbocycles. The molecule has 8 heteroatoms. The van der Waals surface area contributed by atoms with Crippen molar-refractivity contribution in [2.75, 3.05) is 32.7 Å². The summed E-state index contributed by atoms with van der Waals surface area (Å²) >= 11 is 0. The first kappa shape index (κ1) is 26.6. The molecule has 0 amide bonds. The molecule has 1 aromatic heterocycles. The molecule has 32 heavy (non-hydrogen) atoms. The summed E-state index contributed by atoms with van der Waals surface area (Å²) in [4.78, 5) is 7.33. The van der Waals surface area contributed by atoms with Crippen LogP contribution in [0.2, 0.25) is 0 Å². The minimum Gasteiger partial charge on any atom is -0.373 e. The fourth-order valence-corrected chi connectivity index (χ4v) is 4.21. The number of guanidine groups is 1. The molecule has 2 unspecified atom stereocenters. The first-order valence-corrected chi connectivity index (χ1v) is 11.5. The molecule has 178 valence electrons. The molecular formula is C24H39IN6O. The Morgan fingerprint density at radius 3 is 2.53 bits per heavy atom. The second kappa shape index (κ2) is 13.2. The summed E-state index contributed by atoms with van der Waals surface area (Å²) in [7, 11) is 0. The minimum atomic E-state index is 0. The van der Waals surface area contributed by atoms with Gasteiger partial charge in [0, 0.05) is 38.4 Å². The summed E-state index contributed by atoms with van der Waals surface area (Å²) in [6.45, 7) is 15.9. The maximum absolute atomic E-state index is 5.82. The molecule has 2 atom stereocenters. The van der Waals surface area contributed by atoms with Crippen molar-refractivity contribution in [3.8, 4) is 5.69 Å². The third kappa shape index (κ3) is 7.74. The van der Waals surface area contributed by atoms with Crippen molar-refractivity contribution in [3.63, 3.8) is 0 Å². The molecule has 2 heterocycles. The zero-order valence-corrected chi connectivity index (χ0v) is 22.4. The maximum Gasteiger partial charge on any atom is 0.191 e. The maximum atomic E-state index is 5.82. The van der Waals surface area contributed by atoms with Gasteiger partial charge in [0.2, 0.25) is 0 Å². The molecule has 0 aliphatic carbocycles. The number of halogens is 1. The zero-order chi connectivity index (χ0) is 22.2. The minimum absolute atomic E-state index is 0. The molecule has 0 radical (unpaired) electrons. The van der Waals surface area contributed by atoms with E-state index in [9.17, 15) is 0 Å². The van der Waals surface area contributed by atoms with E-state index < -0.39 is 0 Å². The lowest BCUT2D eigenvalue weighted by Gasteiger charge is -2.35. The topological polar surface area (TPSA) is 66.7 Å². The van der Waals surface area contributed by atoms with Gasteiger partial charge in [-0.2, -0.15) is 5.10 Å². The van der Waals surface area contributed by atoms with Gasteiger partial charge >= 0.3 is 0 Å². The van der Waals surface area contributed by atoms with Crippen LogP contribution in [0.4, 0.5) is 0 Å². The molecule has 0 bridgehead atoms. The van der Waals surface area contributed by atoms with Gasteiger partial charge < -0.3 is 15.4 Å². The van der Waals surface area contributed by atoms with Crippen LogP contribution in [-0.2, 0) is 11.3 Å². The largest absolute Gasteiger partial charge is 0.373 e. The Kier molecular flexibility index (Phi) is 10.9. The van der Waals surface area contributed by atoms with Crippen molar-refractivity contribution in [3.05, 3.63) is 47.3 Å². The van der Waals surface area contributed by atoms with Crippen molar-refractivity contribution in [1.29, 1.82) is 0 Å². The molecular weight excluding hydrogens is 515 g/mol. The average Bonchev–Trinajstić information content (AvgIpc) is 3.06. The third-order valence-electron chi connectivity index (χ3n) is 5.42. The third-order valence-corrected chi connectivity index (χ3v) is 5.42. The number of hydrogen-bond acceptors (Lipinski definition) is 4. The highest BCUT2D eigenvalue weighted by Crippen LogP contribution is 2.18. The van der Waals surface area contributed by atoms with E-state index >= 15 is 0 Å². The highest BCUT2D eigenvalue weighted by molar-refractivity contribution is 14.0. The van der Waals surface area contributed by atoms with E-state index in [1.807, 2.05) is 11.6 Å². The number of nitrogens with one attached hydrogen (secondary N) is 2. The summed E-state index contributed by atoms with van der Waals surface area (Å²) in [5, 5.41) is 11.5. The number of morpholine rings is 1. The summed E-state index contributed by atoms with van der Waals surface area (Å²) < 4.78 is 7.83. The molecule has 3 rings (SSSR count). The second-order valence-corrected chi connectivity index (χ2v) is 8.46. The standard InChI is InChI=1S/C24H38N6O.HI/c1-6-25-24(26-12-9-13-29-16-20(4)31-21(5)17-29)27-15-22-10-7-8-11-23(22)30-19(3)14-18(2)28-30;/h7-8,10-11,14,20-21H,6,9,12-13,15-17H2,1-5H3,(H2,25,26,27);1H. The Hall–Kier alpha value is -1.65. The van der Waals surface area contributed by atoms with E-state index in [2.05, 4.69) is 78.7 Å². The highest BCUT2D eigenvalue weighted by Gasteiger charge is 2.21. The number of aromatic nitrogens is 2. The van der Waals surface area contributed by atoms with Crippen LogP contribution >= 0.6 is 24.0 Å². The predicted octanol–water partition coefficient (Wildman–Crippen LogP) is 3.66. The van der Waals surface area contributed by atoms with Gasteiger partial charge in [-0.05, 0) is 58.7 Å². The normalized spacial score (nSPS) is 19.5. The number of benzene rings is 1. The molecule has 1 fully saturated rings. The number of aryl methyl sites for hydroxylation is 2. The molecule has 1 saturated heterocycles. The molecule has 1 aliphatic heterocycles. The van der Waals surface area contributed by atoms with Crippen LogP contribution in [0.25, 0.3) is 5.69 Å². The number of hydrogen-bond donors (Lipinski definition) is 2. The highest BCUT2D eigenvalue weighted by atomic mass is 127. The van der Waals surface area contributed by atoms with Crippen molar-refractivity contribution in [1.82, 2.24) is 25.3 Å². The lowest BCUT2D eigenvalue weighted by Crippen LogP contribution is -2.46. The van der Waals surface area contributed by atoms with Crippen LogP contribution in [0.5, 0.6) is 0 Å². The lowest BCUT2D eigenvalue weighted by atomic mass is 10.2. The van der Waals surface area contributed by atoms with E-state index in [1.165, 1.54) is 0 Å². The van der Waals surface area contributed by atoms with Crippen LogP contribution in [0.3, 0.4) is 0 Å². The number of aliphatic imine (C=N–C) groups is 1. The first-order valence-electron chi connectivity index (χ1n) is 11.5. The van der Waals surface area contributed by atoms with Crippen LogP contribution in [0.1, 0.15) is 44.1 Å². The molecule has 1 aromatic carbocycles. The van der Waals surface area contributed by atoms with Gasteiger partial charge in [0.05, 0.1) is 30.1 Å². The van der Waals surface area contributed by atoms with Gasteiger partial charge in [-0.25, -0.2) is 9.67 Å². The smallest absolute Gasteiger partial charge is 0.191 e. The Bertz CT molecular complexity index is 858. The quantitative estimate of drug-likeness (QED) is 0.226. The van der Waals surface area contributed by atoms with Crippen LogP contribution < -0.4 is 10.6 Å². The van der Waals surface area contributed by atoms with Crippen LogP contribution in [0, 0.1) is 13.8 Å². The van der Waals surface area contributed by atoms with E-state index in [0.717, 1.165) is 67.7 Å². The fraction of sp³-hybridized carbons (Fsp3) is 0.583. The molecule has 2 aromatic rings. The number of para-hydroxylation sites is 1. The fourth-order valence-electron chi connectivity index (χ4n) is 4.21. The van der Waals surface area contributed by atoms with Gasteiger partial charge in [0.15, 0.2) is 5.96 Å². The Morgan fingerprint density at radius 2 is 1.88 bits per heavy atom. The molecule has 0 spiro atoms. The summed E-state index contributed by atoms with van der Waals surface area (Å²) in [5.74, 6) is 0.856. The summed E-state index contributed by atoms with van der Waals surface area (Å²) in [6, 6.07) is 10.4. The van der Waals surface area contributed by atoms with Crippen molar-refractivity contribution < 1.29 is 4.74 Å². The number of ether oxygens (including phenoxy) is 1. The Labute approximate surface area is 210 Å². The monoisotopic (exact) mass is 554 g/mol. The predicted molar refractivity (Wildman–Crippen MR) is 142 cm³/mol. The second-order valence-electron chi connectivity index (χ2n) is 8.46. The van der Waals surface area contributed by atoms with Crippen LogP contribution in [-0.4, -0.2) is 65.6 Å². The Balaban J connectivity index is 0.00000363. The molecule has 7 nitrogen and oxygen atoms in total. The number of rotatable bonds is 8. The lowest BCUT2D eigenvalue weighted by molar-refractivity contribution is -0.0679. The molecule has 2 N–H and O–H groups in total. The van der Waals surface area contributed by atoms with Crippen molar-refractivity contribution >= 4 is 29.9 Å². The average molecular weight is 555 g/mol. The number of nitrogens with zero attached hydrogens (tertiary/aromatic N) is 4. The molecule has 1 aliphatic rings. The summed E-state index contributed by atoms with van der Waals surface area (Å²) in [6.07, 6.45) is 1.71. The van der Waals surface area contributed by atoms with E-state index in [4.69, 9.17) is 9.73 Å². The van der Waals surface area contributed by atoms with E-state index in [-0.39, 0.29) is 24.0 Å².